The molecule has 0 bridgehead atoms. The van der Waals surface area contributed by atoms with Crippen LogP contribution >= 0.6 is 0 Å². The second kappa shape index (κ2) is 13.6. The van der Waals surface area contributed by atoms with Crippen molar-refractivity contribution >= 4 is 30.2 Å². The Hall–Kier alpha value is -2.92. The molecule has 3 aromatic heterocycles. The second-order valence-electron chi connectivity index (χ2n) is 13.6. The molecule has 4 aromatic rings. The summed E-state index contributed by atoms with van der Waals surface area (Å²) >= 11 is 0. The van der Waals surface area contributed by atoms with Gasteiger partial charge in [-0.2, -0.15) is 5.10 Å². The highest BCUT2D eigenvalue weighted by atomic mass is 32.2. The second-order valence-corrected chi connectivity index (χ2v) is 20.1. The third-order valence-electron chi connectivity index (χ3n) is 8.75. The van der Waals surface area contributed by atoms with Gasteiger partial charge in [-0.15, -0.1) is 0 Å². The highest BCUT2D eigenvalue weighted by Crippen LogP contribution is 2.38. The number of pyridine rings is 2. The largest absolute Gasteiger partial charge is 0.493 e. The van der Waals surface area contributed by atoms with E-state index < -0.39 is 24.1 Å². The monoisotopic (exact) mass is 635 g/mol. The molecule has 4 rings (SSSR count). The molecule has 10 heteroatoms. The van der Waals surface area contributed by atoms with Gasteiger partial charge in [-0.1, -0.05) is 46.2 Å². The smallest absolute Gasteiger partial charge is 0.192 e. The Morgan fingerprint density at radius 3 is 2.41 bits per heavy atom. The summed E-state index contributed by atoms with van der Waals surface area (Å²) in [5, 5.41) is 11.6. The summed E-state index contributed by atoms with van der Waals surface area (Å²) in [7, 11) is -3.35. The molecule has 1 aromatic carbocycles. The zero-order valence-corrected chi connectivity index (χ0v) is 29.6. The van der Waals surface area contributed by atoms with Crippen molar-refractivity contribution in [3.8, 4) is 22.8 Å². The predicted octanol–water partition coefficient (Wildman–Crippen LogP) is 8.08. The Morgan fingerprint density at radius 1 is 1.02 bits per heavy atom. The maximum absolute atomic E-state index is 12.2. The van der Waals surface area contributed by atoms with Crippen LogP contribution in [0.4, 0.5) is 0 Å². The number of aromatic nitrogens is 4. The standard InChI is InChI=1S/C34H49N5O3SSi/c1-10-14-24(21-34(6,7)43(35)40)28-16-13-17-29(38-28)25-19-30-27(31(20-25)41-11-2)22-36-39(30)32-18-12-15-26(37-32)23-42-44(8,9)33(3,4)5/h12-13,15-20,22,24H,10-11,14,21,23,35H2,1-9H3/t24-,43?/m0/s1. The third-order valence-corrected chi connectivity index (χ3v) is 14.5. The number of benzene rings is 1. The summed E-state index contributed by atoms with van der Waals surface area (Å²) in [6, 6.07) is 16.2. The first-order valence-electron chi connectivity index (χ1n) is 15.5. The number of nitrogens with two attached hydrogens (primary N) is 1. The SMILES string of the molecule is CCC[C@@H](CC(C)(C)S(N)=O)c1cccc(-c2cc(OCC)c3cnn(-c4cccc(CO[Si](C)(C)C(C)(C)C)n4)c3c2)n1. The molecular weight excluding hydrogens is 587 g/mol. The Morgan fingerprint density at radius 2 is 1.75 bits per heavy atom. The molecule has 2 N–H and O–H groups in total. The van der Waals surface area contributed by atoms with Gasteiger partial charge in [0.05, 0.1) is 57.4 Å². The van der Waals surface area contributed by atoms with Crippen molar-refractivity contribution in [2.75, 3.05) is 6.61 Å². The molecule has 0 radical (unpaired) electrons. The zero-order valence-electron chi connectivity index (χ0n) is 27.8. The van der Waals surface area contributed by atoms with Crippen molar-refractivity contribution < 1.29 is 13.4 Å². The molecular formula is C34H49N5O3SSi. The van der Waals surface area contributed by atoms with E-state index in [0.717, 1.165) is 58.0 Å². The maximum atomic E-state index is 12.2. The van der Waals surface area contributed by atoms with Gasteiger partial charge in [-0.05, 0) is 88.1 Å². The molecule has 0 spiro atoms. The third kappa shape index (κ3) is 7.65. The highest BCUT2D eigenvalue weighted by molar-refractivity contribution is 7.84. The summed E-state index contributed by atoms with van der Waals surface area (Å²) in [4.78, 5) is 10.1. The van der Waals surface area contributed by atoms with Crippen LogP contribution in [0.25, 0.3) is 28.0 Å². The van der Waals surface area contributed by atoms with Crippen LogP contribution in [0.15, 0.2) is 54.7 Å². The Balaban J connectivity index is 1.74. The molecule has 44 heavy (non-hydrogen) atoms. The van der Waals surface area contributed by atoms with Crippen LogP contribution in [0.1, 0.15) is 85.0 Å². The average Bonchev–Trinajstić information content (AvgIpc) is 3.40. The number of hydrogen-bond donors (Lipinski definition) is 1. The first-order valence-corrected chi connectivity index (χ1v) is 19.7. The van der Waals surface area contributed by atoms with Gasteiger partial charge >= 0.3 is 0 Å². The Labute approximate surface area is 266 Å². The first kappa shape index (κ1) is 34.0. The minimum Gasteiger partial charge on any atom is -0.493 e. The fraction of sp³-hybridized carbons (Fsp3) is 0.500. The van der Waals surface area contributed by atoms with Crippen molar-refractivity contribution in [3.63, 3.8) is 0 Å². The topological polar surface area (TPSA) is 105 Å². The molecule has 1 unspecified atom stereocenters. The van der Waals surface area contributed by atoms with Crippen LogP contribution in [0, 0.1) is 0 Å². The number of hydrogen-bond acceptors (Lipinski definition) is 6. The molecule has 0 aliphatic heterocycles. The van der Waals surface area contributed by atoms with Crippen molar-refractivity contribution in [2.24, 2.45) is 5.14 Å². The van der Waals surface area contributed by atoms with Gasteiger partial charge in [0, 0.05) is 17.2 Å². The molecule has 0 saturated carbocycles. The van der Waals surface area contributed by atoms with E-state index >= 15 is 0 Å². The lowest BCUT2D eigenvalue weighted by Crippen LogP contribution is -2.40. The number of ether oxygens (including phenoxy) is 1. The number of fused-ring (bicyclic) bond motifs is 1. The van der Waals surface area contributed by atoms with Crippen molar-refractivity contribution in [1.29, 1.82) is 0 Å². The van der Waals surface area contributed by atoms with E-state index in [0.29, 0.717) is 19.6 Å². The van der Waals surface area contributed by atoms with E-state index in [1.165, 1.54) is 0 Å². The van der Waals surface area contributed by atoms with Crippen LogP contribution in [-0.4, -0.2) is 43.6 Å². The summed E-state index contributed by atoms with van der Waals surface area (Å²) in [6.45, 7) is 20.3. The molecule has 2 atom stereocenters. The molecule has 8 nitrogen and oxygen atoms in total. The predicted molar refractivity (Wildman–Crippen MR) is 184 cm³/mol. The normalized spacial score (nSPS) is 14.1. The van der Waals surface area contributed by atoms with Crippen LogP contribution in [0.5, 0.6) is 5.75 Å². The van der Waals surface area contributed by atoms with E-state index in [-0.39, 0.29) is 11.0 Å². The van der Waals surface area contributed by atoms with Gasteiger partial charge in [0.25, 0.3) is 0 Å². The van der Waals surface area contributed by atoms with Gasteiger partial charge < -0.3 is 9.16 Å². The van der Waals surface area contributed by atoms with Gasteiger partial charge in [0.1, 0.15) is 5.75 Å². The molecule has 0 aliphatic rings. The Kier molecular flexibility index (Phi) is 10.5. The van der Waals surface area contributed by atoms with Crippen molar-refractivity contribution in [3.05, 3.63) is 66.1 Å². The summed E-state index contributed by atoms with van der Waals surface area (Å²) < 4.78 is 26.2. The Bertz CT molecular complexity index is 1610. The number of rotatable bonds is 13. The molecule has 0 saturated heterocycles. The summed E-state index contributed by atoms with van der Waals surface area (Å²) in [5.41, 5.74) is 4.51. The van der Waals surface area contributed by atoms with Crippen LogP contribution in [0.2, 0.25) is 18.1 Å². The van der Waals surface area contributed by atoms with Crippen molar-refractivity contribution in [2.45, 2.75) is 103 Å². The minimum atomic E-state index is -1.92. The minimum absolute atomic E-state index is 0.121. The number of nitrogens with zero attached hydrogens (tertiary/aromatic N) is 4. The molecule has 238 valence electrons. The average molecular weight is 636 g/mol. The summed E-state index contributed by atoms with van der Waals surface area (Å²) in [5.74, 6) is 1.61. The zero-order chi connectivity index (χ0) is 32.3. The van der Waals surface area contributed by atoms with Gasteiger partial charge in [0.2, 0.25) is 0 Å². The first-order chi connectivity index (χ1) is 20.7. The van der Waals surface area contributed by atoms with E-state index in [1.54, 1.807) is 0 Å². The molecule has 0 fully saturated rings. The lowest BCUT2D eigenvalue weighted by atomic mass is 9.89. The van der Waals surface area contributed by atoms with Crippen molar-refractivity contribution in [1.82, 2.24) is 19.7 Å². The van der Waals surface area contributed by atoms with Gasteiger partial charge in [0.15, 0.2) is 14.1 Å². The maximum Gasteiger partial charge on any atom is 0.192 e. The van der Waals surface area contributed by atoms with E-state index in [9.17, 15) is 4.21 Å². The summed E-state index contributed by atoms with van der Waals surface area (Å²) in [6.07, 6.45) is 4.46. The van der Waals surface area contributed by atoms with E-state index in [1.807, 2.05) is 68.0 Å². The van der Waals surface area contributed by atoms with Crippen LogP contribution in [0.3, 0.4) is 0 Å². The highest BCUT2D eigenvalue weighted by Gasteiger charge is 2.37. The molecule has 3 heterocycles. The van der Waals surface area contributed by atoms with Crippen LogP contribution in [-0.2, 0) is 22.0 Å². The molecule has 0 aliphatic carbocycles. The molecule has 0 amide bonds. The lowest BCUT2D eigenvalue weighted by Gasteiger charge is -2.36. The lowest BCUT2D eigenvalue weighted by molar-refractivity contribution is 0.272. The van der Waals surface area contributed by atoms with Gasteiger partial charge in [-0.3, -0.25) is 10.1 Å². The van der Waals surface area contributed by atoms with Gasteiger partial charge in [-0.25, -0.2) is 13.9 Å². The fourth-order valence-electron chi connectivity index (χ4n) is 5.05. The fourth-order valence-corrected chi connectivity index (χ4v) is 6.36. The quantitative estimate of drug-likeness (QED) is 0.149. The van der Waals surface area contributed by atoms with Crippen LogP contribution < -0.4 is 9.88 Å². The van der Waals surface area contributed by atoms with E-state index in [4.69, 9.17) is 29.4 Å². The van der Waals surface area contributed by atoms with E-state index in [2.05, 4.69) is 52.9 Å².